The predicted molar refractivity (Wildman–Crippen MR) is 113 cm³/mol. The molecule has 1 heterocycles. The monoisotopic (exact) mass is 349 g/mol. The Hall–Kier alpha value is -3.52. The summed E-state index contributed by atoms with van der Waals surface area (Å²) in [6.07, 6.45) is 2.15. The molecule has 0 spiro atoms. The van der Waals surface area contributed by atoms with Gasteiger partial charge in [0, 0.05) is 22.5 Å². The zero-order valence-electron chi connectivity index (χ0n) is 15.1. The fraction of sp³-hybridized carbons (Fsp3) is 0.0400. The number of phenols is 1. The van der Waals surface area contributed by atoms with Crippen LogP contribution >= 0.6 is 0 Å². The van der Waals surface area contributed by atoms with Crippen LogP contribution in [0.4, 0.5) is 0 Å². The SMILES string of the molecule is Cc1cccc2c(-c3ccccc3)cn(-c3c(O)ccc4ccccc34)c12. The topological polar surface area (TPSA) is 25.2 Å². The summed E-state index contributed by atoms with van der Waals surface area (Å²) >= 11 is 0. The van der Waals surface area contributed by atoms with Crippen LogP contribution in [0.3, 0.4) is 0 Å². The van der Waals surface area contributed by atoms with Crippen molar-refractivity contribution in [3.63, 3.8) is 0 Å². The fourth-order valence-corrected chi connectivity index (χ4v) is 3.98. The number of aromatic nitrogens is 1. The first-order chi connectivity index (χ1) is 13.2. The molecule has 1 N–H and O–H groups in total. The summed E-state index contributed by atoms with van der Waals surface area (Å²) in [6.45, 7) is 2.12. The lowest BCUT2D eigenvalue weighted by Gasteiger charge is -2.13. The maximum absolute atomic E-state index is 10.8. The summed E-state index contributed by atoms with van der Waals surface area (Å²) in [7, 11) is 0. The highest BCUT2D eigenvalue weighted by Crippen LogP contribution is 2.39. The Morgan fingerprint density at radius 1 is 0.704 bits per heavy atom. The van der Waals surface area contributed by atoms with E-state index in [1.807, 2.05) is 24.3 Å². The minimum atomic E-state index is 0.286. The molecule has 0 saturated heterocycles. The summed E-state index contributed by atoms with van der Waals surface area (Å²) in [5.74, 6) is 0.286. The van der Waals surface area contributed by atoms with Crippen LogP contribution in [0.1, 0.15) is 5.56 Å². The van der Waals surface area contributed by atoms with Crippen LogP contribution in [0.25, 0.3) is 38.5 Å². The molecule has 2 nitrogen and oxygen atoms in total. The van der Waals surface area contributed by atoms with Gasteiger partial charge in [-0.05, 0) is 29.5 Å². The van der Waals surface area contributed by atoms with E-state index in [1.54, 1.807) is 6.07 Å². The zero-order valence-corrected chi connectivity index (χ0v) is 15.1. The largest absolute Gasteiger partial charge is 0.506 e. The molecule has 130 valence electrons. The highest BCUT2D eigenvalue weighted by atomic mass is 16.3. The van der Waals surface area contributed by atoms with Crippen molar-refractivity contribution < 1.29 is 5.11 Å². The molecule has 4 aromatic carbocycles. The predicted octanol–water partition coefficient (Wildman–Crippen LogP) is 6.46. The number of hydrogen-bond acceptors (Lipinski definition) is 1. The van der Waals surface area contributed by atoms with Crippen molar-refractivity contribution in [1.82, 2.24) is 4.57 Å². The Morgan fingerprint density at radius 3 is 2.30 bits per heavy atom. The van der Waals surface area contributed by atoms with Gasteiger partial charge in [-0.1, -0.05) is 78.9 Å². The van der Waals surface area contributed by atoms with Gasteiger partial charge < -0.3 is 9.67 Å². The Morgan fingerprint density at radius 2 is 1.44 bits per heavy atom. The Balaban J connectivity index is 1.93. The van der Waals surface area contributed by atoms with E-state index in [0.717, 1.165) is 22.0 Å². The number of rotatable bonds is 2. The van der Waals surface area contributed by atoms with Crippen LogP contribution in [0.15, 0.2) is 91.1 Å². The fourth-order valence-electron chi connectivity index (χ4n) is 3.98. The minimum Gasteiger partial charge on any atom is -0.506 e. The van der Waals surface area contributed by atoms with Crippen molar-refractivity contribution in [1.29, 1.82) is 0 Å². The maximum atomic E-state index is 10.8. The summed E-state index contributed by atoms with van der Waals surface area (Å²) < 4.78 is 2.14. The van der Waals surface area contributed by atoms with Crippen LogP contribution in [0.5, 0.6) is 5.75 Å². The molecule has 27 heavy (non-hydrogen) atoms. The van der Waals surface area contributed by atoms with Crippen molar-refractivity contribution in [3.8, 4) is 22.6 Å². The molecule has 0 amide bonds. The molecule has 0 aliphatic heterocycles. The summed E-state index contributed by atoms with van der Waals surface area (Å²) in [5, 5.41) is 14.1. The first-order valence-electron chi connectivity index (χ1n) is 9.11. The lowest BCUT2D eigenvalue weighted by Crippen LogP contribution is -1.95. The van der Waals surface area contributed by atoms with Gasteiger partial charge in [0.15, 0.2) is 0 Å². The zero-order chi connectivity index (χ0) is 18.4. The third kappa shape index (κ3) is 2.42. The molecule has 0 aliphatic rings. The number of aromatic hydroxyl groups is 1. The number of aryl methyl sites for hydroxylation is 1. The molecule has 0 fully saturated rings. The number of hydrogen-bond donors (Lipinski definition) is 1. The van der Waals surface area contributed by atoms with Crippen molar-refractivity contribution >= 4 is 21.7 Å². The van der Waals surface area contributed by atoms with Gasteiger partial charge in [0.05, 0.1) is 11.2 Å². The Bertz CT molecular complexity index is 1280. The molecule has 0 saturated carbocycles. The van der Waals surface area contributed by atoms with Crippen LogP contribution in [-0.2, 0) is 0 Å². The highest BCUT2D eigenvalue weighted by molar-refractivity contribution is 6.01. The van der Waals surface area contributed by atoms with Gasteiger partial charge in [-0.15, -0.1) is 0 Å². The highest BCUT2D eigenvalue weighted by Gasteiger charge is 2.17. The van der Waals surface area contributed by atoms with Crippen molar-refractivity contribution in [2.75, 3.05) is 0 Å². The molecular formula is C25H19NO. The van der Waals surface area contributed by atoms with Crippen LogP contribution in [-0.4, -0.2) is 9.67 Å². The minimum absolute atomic E-state index is 0.286. The van der Waals surface area contributed by atoms with E-state index in [2.05, 4.69) is 72.3 Å². The Labute approximate surface area is 157 Å². The Kier molecular flexibility index (Phi) is 3.51. The van der Waals surface area contributed by atoms with E-state index in [1.165, 1.54) is 22.1 Å². The van der Waals surface area contributed by atoms with Gasteiger partial charge in [0.1, 0.15) is 5.75 Å². The van der Waals surface area contributed by atoms with Gasteiger partial charge in [-0.3, -0.25) is 0 Å². The van der Waals surface area contributed by atoms with Crippen LogP contribution in [0, 0.1) is 6.92 Å². The number of nitrogens with zero attached hydrogens (tertiary/aromatic N) is 1. The van der Waals surface area contributed by atoms with Crippen LogP contribution < -0.4 is 0 Å². The molecule has 5 aromatic rings. The summed E-state index contributed by atoms with van der Waals surface area (Å²) in [4.78, 5) is 0. The molecule has 2 heteroatoms. The molecule has 0 aliphatic carbocycles. The van der Waals surface area contributed by atoms with E-state index in [-0.39, 0.29) is 5.75 Å². The molecule has 0 radical (unpaired) electrons. The number of benzene rings is 4. The van der Waals surface area contributed by atoms with Gasteiger partial charge in [-0.25, -0.2) is 0 Å². The summed E-state index contributed by atoms with van der Waals surface area (Å²) in [6, 6.07) is 28.7. The average molecular weight is 349 g/mol. The molecule has 0 unspecified atom stereocenters. The van der Waals surface area contributed by atoms with E-state index >= 15 is 0 Å². The van der Waals surface area contributed by atoms with Gasteiger partial charge in [-0.2, -0.15) is 0 Å². The quantitative estimate of drug-likeness (QED) is 0.388. The lowest BCUT2D eigenvalue weighted by molar-refractivity contribution is 0.474. The van der Waals surface area contributed by atoms with E-state index < -0.39 is 0 Å². The van der Waals surface area contributed by atoms with E-state index in [0.29, 0.717) is 0 Å². The van der Waals surface area contributed by atoms with Crippen molar-refractivity contribution in [3.05, 3.63) is 96.7 Å². The standard InChI is InChI=1S/C25H19NO/c1-17-8-7-13-21-22(18-9-3-2-4-10-18)16-26(24(17)21)25-20-12-6-5-11-19(20)14-15-23(25)27/h2-16,27H,1H3. The van der Waals surface area contributed by atoms with Crippen molar-refractivity contribution in [2.45, 2.75) is 6.92 Å². The van der Waals surface area contributed by atoms with Crippen LogP contribution in [0.2, 0.25) is 0 Å². The second-order valence-corrected chi connectivity index (χ2v) is 6.90. The first kappa shape index (κ1) is 15.7. The number of phenolic OH excluding ortho intramolecular Hbond substituents is 1. The molecular weight excluding hydrogens is 330 g/mol. The lowest BCUT2D eigenvalue weighted by atomic mass is 10.0. The molecule has 5 rings (SSSR count). The first-order valence-corrected chi connectivity index (χ1v) is 9.11. The van der Waals surface area contributed by atoms with E-state index in [4.69, 9.17) is 0 Å². The molecule has 1 aromatic heterocycles. The van der Waals surface area contributed by atoms with Gasteiger partial charge in [0.25, 0.3) is 0 Å². The third-order valence-corrected chi connectivity index (χ3v) is 5.23. The molecule has 0 bridgehead atoms. The molecule has 0 atom stereocenters. The second kappa shape index (κ2) is 6.03. The summed E-state index contributed by atoms with van der Waals surface area (Å²) in [5.41, 5.74) is 5.48. The maximum Gasteiger partial charge on any atom is 0.140 e. The average Bonchev–Trinajstić information content (AvgIpc) is 3.09. The van der Waals surface area contributed by atoms with Gasteiger partial charge >= 0.3 is 0 Å². The number of fused-ring (bicyclic) bond motifs is 2. The van der Waals surface area contributed by atoms with Crippen molar-refractivity contribution in [2.24, 2.45) is 0 Å². The van der Waals surface area contributed by atoms with E-state index in [9.17, 15) is 5.11 Å². The third-order valence-electron chi connectivity index (χ3n) is 5.23. The number of para-hydroxylation sites is 1. The van der Waals surface area contributed by atoms with Gasteiger partial charge in [0.2, 0.25) is 0 Å². The smallest absolute Gasteiger partial charge is 0.140 e. The second-order valence-electron chi connectivity index (χ2n) is 6.90. The normalized spacial score (nSPS) is 11.3.